The number of carbonyl (C=O) groups is 1. The van der Waals surface area contributed by atoms with Crippen LogP contribution in [0, 0.1) is 0 Å². The van der Waals surface area contributed by atoms with E-state index in [4.69, 9.17) is 0 Å². The summed E-state index contributed by atoms with van der Waals surface area (Å²) in [5, 5.41) is 8.08. The fourth-order valence-electron chi connectivity index (χ4n) is 2.17. The molecule has 1 N–H and O–H groups in total. The smallest absolute Gasteiger partial charge is 0.222 e. The Kier molecular flexibility index (Phi) is 3.16. The van der Waals surface area contributed by atoms with Gasteiger partial charge in [-0.1, -0.05) is 24.3 Å². The van der Waals surface area contributed by atoms with Crippen molar-refractivity contribution in [1.82, 2.24) is 14.8 Å². The van der Waals surface area contributed by atoms with E-state index >= 15 is 0 Å². The van der Waals surface area contributed by atoms with Gasteiger partial charge in [0.05, 0.1) is 12.1 Å². The summed E-state index contributed by atoms with van der Waals surface area (Å²) in [5.41, 5.74) is 2.08. The van der Waals surface area contributed by atoms with Crippen molar-refractivity contribution in [3.63, 3.8) is 0 Å². The fourth-order valence-corrected chi connectivity index (χ4v) is 2.17. The zero-order valence-corrected chi connectivity index (χ0v) is 11.1. The largest absolute Gasteiger partial charge is 0.309 e. The van der Waals surface area contributed by atoms with Gasteiger partial charge in [0.15, 0.2) is 5.82 Å². The van der Waals surface area contributed by atoms with Crippen LogP contribution >= 0.6 is 0 Å². The molecule has 0 saturated heterocycles. The van der Waals surface area contributed by atoms with Gasteiger partial charge in [-0.25, -0.2) is 0 Å². The Morgan fingerprint density at radius 1 is 1.25 bits per heavy atom. The summed E-state index contributed by atoms with van der Waals surface area (Å²) in [6, 6.07) is 11.8. The molecule has 0 aliphatic rings. The van der Waals surface area contributed by atoms with Crippen LogP contribution in [0.25, 0.3) is 10.9 Å². The van der Waals surface area contributed by atoms with Crippen molar-refractivity contribution in [3.05, 3.63) is 54.4 Å². The number of amides is 1. The third-order valence-electron chi connectivity index (χ3n) is 2.99. The first-order valence-corrected chi connectivity index (χ1v) is 6.36. The Morgan fingerprint density at radius 2 is 2.10 bits per heavy atom. The van der Waals surface area contributed by atoms with Crippen LogP contribution in [0.2, 0.25) is 0 Å². The monoisotopic (exact) mass is 266 g/mol. The number of benzene rings is 1. The second-order valence-corrected chi connectivity index (χ2v) is 4.57. The Bertz CT molecular complexity index is 758. The second kappa shape index (κ2) is 5.13. The zero-order chi connectivity index (χ0) is 13.9. The number of hydrogen-bond donors (Lipinski definition) is 1. The Labute approximate surface area is 116 Å². The summed E-state index contributed by atoms with van der Waals surface area (Å²) in [6.45, 7) is 2.08. The molecule has 0 unspecified atom stereocenters. The highest BCUT2D eigenvalue weighted by molar-refractivity contribution is 5.87. The van der Waals surface area contributed by atoms with Crippen molar-refractivity contribution in [3.8, 4) is 0 Å². The molecule has 100 valence electrons. The molecule has 1 amide bonds. The Morgan fingerprint density at radius 3 is 2.95 bits per heavy atom. The van der Waals surface area contributed by atoms with Gasteiger partial charge in [0.2, 0.25) is 5.91 Å². The predicted molar refractivity (Wildman–Crippen MR) is 77.4 cm³/mol. The molecule has 0 radical (unpaired) electrons. The first kappa shape index (κ1) is 12.3. The Balaban J connectivity index is 1.89. The number of para-hydroxylation sites is 1. The number of nitrogens with one attached hydrogen (secondary N) is 1. The van der Waals surface area contributed by atoms with Crippen LogP contribution in [0.1, 0.15) is 12.5 Å². The van der Waals surface area contributed by atoms with Crippen molar-refractivity contribution in [1.29, 1.82) is 0 Å². The molecule has 2 aromatic heterocycles. The molecule has 5 heteroatoms. The molecule has 20 heavy (non-hydrogen) atoms. The normalized spacial score (nSPS) is 10.7. The summed E-state index contributed by atoms with van der Waals surface area (Å²) in [6.07, 6.45) is 3.63. The molecule has 0 aliphatic heterocycles. The minimum atomic E-state index is -0.123. The van der Waals surface area contributed by atoms with Gasteiger partial charge in [0, 0.05) is 30.8 Å². The van der Waals surface area contributed by atoms with Crippen molar-refractivity contribution >= 4 is 22.6 Å². The van der Waals surface area contributed by atoms with Crippen LogP contribution in [-0.2, 0) is 11.3 Å². The quantitative estimate of drug-likeness (QED) is 0.792. The second-order valence-electron chi connectivity index (χ2n) is 4.57. The first-order chi connectivity index (χ1) is 9.72. The third kappa shape index (κ3) is 2.51. The first-order valence-electron chi connectivity index (χ1n) is 6.36. The number of hydrogen-bond acceptors (Lipinski definition) is 3. The lowest BCUT2D eigenvalue weighted by Gasteiger charge is -2.05. The van der Waals surface area contributed by atoms with Gasteiger partial charge in [0.25, 0.3) is 0 Å². The van der Waals surface area contributed by atoms with E-state index in [2.05, 4.69) is 15.4 Å². The molecule has 0 fully saturated rings. The number of carbonyl (C=O) groups excluding carboxylic acids is 1. The van der Waals surface area contributed by atoms with Crippen LogP contribution in [-0.4, -0.2) is 20.7 Å². The van der Waals surface area contributed by atoms with E-state index in [1.54, 1.807) is 16.9 Å². The number of fused-ring (bicyclic) bond motifs is 1. The van der Waals surface area contributed by atoms with Gasteiger partial charge in [-0.3, -0.25) is 14.5 Å². The summed E-state index contributed by atoms with van der Waals surface area (Å²) < 4.78 is 1.79. The average Bonchev–Trinajstić information content (AvgIpc) is 2.86. The minimum Gasteiger partial charge on any atom is -0.309 e. The average molecular weight is 266 g/mol. The summed E-state index contributed by atoms with van der Waals surface area (Å²) in [5.74, 6) is 0.438. The van der Waals surface area contributed by atoms with Crippen molar-refractivity contribution in [2.75, 3.05) is 5.32 Å². The van der Waals surface area contributed by atoms with Crippen molar-refractivity contribution < 1.29 is 4.79 Å². The molecular formula is C15H14N4O. The maximum absolute atomic E-state index is 11.0. The molecule has 0 bridgehead atoms. The predicted octanol–water partition coefficient (Wildman–Crippen LogP) is 2.44. The molecule has 5 nitrogen and oxygen atoms in total. The van der Waals surface area contributed by atoms with E-state index in [1.165, 1.54) is 6.92 Å². The highest BCUT2D eigenvalue weighted by Crippen LogP contribution is 2.17. The molecule has 0 atom stereocenters. The van der Waals surface area contributed by atoms with E-state index < -0.39 is 0 Å². The van der Waals surface area contributed by atoms with Gasteiger partial charge in [0.1, 0.15) is 0 Å². The molecular weight excluding hydrogens is 252 g/mol. The maximum Gasteiger partial charge on any atom is 0.222 e. The standard InChI is InChI=1S/C15H14N4O/c1-11(20)17-14-7-9-19(18-14)10-13-5-2-4-12-6-3-8-16-15(12)13/h2-9H,10H2,1H3,(H,17,18,20). The zero-order valence-electron chi connectivity index (χ0n) is 11.1. The molecule has 2 heterocycles. The van der Waals surface area contributed by atoms with Gasteiger partial charge < -0.3 is 5.32 Å². The van der Waals surface area contributed by atoms with E-state index in [1.807, 2.05) is 36.5 Å². The topological polar surface area (TPSA) is 59.8 Å². The lowest BCUT2D eigenvalue weighted by molar-refractivity contribution is -0.114. The summed E-state index contributed by atoms with van der Waals surface area (Å²) in [4.78, 5) is 15.4. The van der Waals surface area contributed by atoms with Crippen LogP contribution in [0.15, 0.2) is 48.8 Å². The molecule has 3 aromatic rings. The number of aromatic nitrogens is 3. The molecule has 0 saturated carbocycles. The van der Waals surface area contributed by atoms with Gasteiger partial charge in [-0.15, -0.1) is 0 Å². The van der Waals surface area contributed by atoms with Gasteiger partial charge >= 0.3 is 0 Å². The van der Waals surface area contributed by atoms with E-state index in [9.17, 15) is 4.79 Å². The summed E-state index contributed by atoms with van der Waals surface area (Å²) in [7, 11) is 0. The van der Waals surface area contributed by atoms with E-state index in [0.717, 1.165) is 16.5 Å². The molecule has 0 aliphatic carbocycles. The van der Waals surface area contributed by atoms with Crippen molar-refractivity contribution in [2.45, 2.75) is 13.5 Å². The van der Waals surface area contributed by atoms with Crippen LogP contribution in [0.4, 0.5) is 5.82 Å². The van der Waals surface area contributed by atoms with Crippen LogP contribution in [0.3, 0.4) is 0 Å². The number of rotatable bonds is 3. The number of nitrogens with zero attached hydrogens (tertiary/aromatic N) is 3. The lowest BCUT2D eigenvalue weighted by atomic mass is 10.1. The minimum absolute atomic E-state index is 0.123. The SMILES string of the molecule is CC(=O)Nc1ccn(Cc2cccc3cccnc23)n1. The van der Waals surface area contributed by atoms with Gasteiger partial charge in [-0.2, -0.15) is 5.10 Å². The Hall–Kier alpha value is -2.69. The third-order valence-corrected chi connectivity index (χ3v) is 2.99. The molecule has 1 aromatic carbocycles. The summed E-state index contributed by atoms with van der Waals surface area (Å²) >= 11 is 0. The number of pyridine rings is 1. The van der Waals surface area contributed by atoms with Crippen LogP contribution in [0.5, 0.6) is 0 Å². The van der Waals surface area contributed by atoms with Gasteiger partial charge in [-0.05, 0) is 11.6 Å². The van der Waals surface area contributed by atoms with Crippen molar-refractivity contribution in [2.24, 2.45) is 0 Å². The van der Waals surface area contributed by atoms with E-state index in [0.29, 0.717) is 12.4 Å². The van der Waals surface area contributed by atoms with Crippen LogP contribution < -0.4 is 5.32 Å². The van der Waals surface area contributed by atoms with E-state index in [-0.39, 0.29) is 5.91 Å². The highest BCUT2D eigenvalue weighted by Gasteiger charge is 2.05. The maximum atomic E-state index is 11.0. The fraction of sp³-hybridized carbons (Fsp3) is 0.133. The molecule has 3 rings (SSSR count). The lowest BCUT2D eigenvalue weighted by Crippen LogP contribution is -2.08. The highest BCUT2D eigenvalue weighted by atomic mass is 16.1. The molecule has 0 spiro atoms. The number of anilines is 1.